The normalized spacial score (nSPS) is 14.4. The van der Waals surface area contributed by atoms with Gasteiger partial charge in [-0.1, -0.05) is 23.8 Å². The molecule has 1 aliphatic heterocycles. The molecule has 0 saturated heterocycles. The van der Waals surface area contributed by atoms with Gasteiger partial charge in [-0.05, 0) is 49.8 Å². The van der Waals surface area contributed by atoms with Crippen molar-refractivity contribution in [2.24, 2.45) is 4.99 Å². The minimum absolute atomic E-state index is 0.186. The molecule has 0 fully saturated rings. The Labute approximate surface area is 168 Å². The van der Waals surface area contributed by atoms with Crippen LogP contribution in [0.5, 0.6) is 11.5 Å². The molecule has 0 amide bonds. The summed E-state index contributed by atoms with van der Waals surface area (Å²) >= 11 is 0. The number of esters is 2. The van der Waals surface area contributed by atoms with Crippen LogP contribution in [0.3, 0.4) is 0 Å². The van der Waals surface area contributed by atoms with E-state index in [1.165, 1.54) is 7.11 Å². The molecule has 0 unspecified atom stereocenters. The zero-order valence-corrected chi connectivity index (χ0v) is 16.4. The van der Waals surface area contributed by atoms with E-state index in [9.17, 15) is 9.59 Å². The molecule has 0 radical (unpaired) electrons. The Morgan fingerprint density at radius 2 is 1.86 bits per heavy atom. The Morgan fingerprint density at radius 3 is 2.55 bits per heavy atom. The summed E-state index contributed by atoms with van der Waals surface area (Å²) in [4.78, 5) is 27.8. The second-order valence-electron chi connectivity index (χ2n) is 6.21. The van der Waals surface area contributed by atoms with Gasteiger partial charge in [0.2, 0.25) is 5.90 Å². The van der Waals surface area contributed by atoms with E-state index in [0.29, 0.717) is 23.7 Å². The van der Waals surface area contributed by atoms with Crippen LogP contribution >= 0.6 is 0 Å². The highest BCUT2D eigenvalue weighted by molar-refractivity contribution is 6.12. The second kappa shape index (κ2) is 9.05. The van der Waals surface area contributed by atoms with Crippen LogP contribution in [0.4, 0.5) is 0 Å². The molecule has 1 aliphatic rings. The second-order valence-corrected chi connectivity index (χ2v) is 6.21. The maximum absolute atomic E-state index is 12.2. The molecule has 0 saturated carbocycles. The lowest BCUT2D eigenvalue weighted by atomic mass is 10.1. The zero-order chi connectivity index (χ0) is 20.8. The van der Waals surface area contributed by atoms with Crippen LogP contribution in [0.1, 0.15) is 23.6 Å². The fourth-order valence-corrected chi connectivity index (χ4v) is 2.58. The van der Waals surface area contributed by atoms with Crippen molar-refractivity contribution < 1.29 is 28.5 Å². The van der Waals surface area contributed by atoms with Crippen molar-refractivity contribution in [3.8, 4) is 11.5 Å². The number of aliphatic imine (C=N–C) groups is 1. The first-order chi connectivity index (χ1) is 14.0. The van der Waals surface area contributed by atoms with Crippen molar-refractivity contribution in [1.29, 1.82) is 0 Å². The van der Waals surface area contributed by atoms with Gasteiger partial charge in [-0.3, -0.25) is 0 Å². The molecular weight excluding hydrogens is 374 g/mol. The maximum atomic E-state index is 12.2. The van der Waals surface area contributed by atoms with E-state index in [4.69, 9.17) is 14.2 Å². The van der Waals surface area contributed by atoms with E-state index < -0.39 is 11.9 Å². The molecule has 7 nitrogen and oxygen atoms in total. The highest BCUT2D eigenvalue weighted by Gasteiger charge is 2.24. The minimum Gasteiger partial charge on any atom is -0.490 e. The molecule has 2 aromatic rings. The van der Waals surface area contributed by atoms with Gasteiger partial charge >= 0.3 is 11.9 Å². The highest BCUT2D eigenvalue weighted by atomic mass is 16.6. The Bertz CT molecular complexity index is 975. The first kappa shape index (κ1) is 20.1. The summed E-state index contributed by atoms with van der Waals surface area (Å²) in [5, 5.41) is 0. The Hall–Kier alpha value is -3.61. The Morgan fingerprint density at radius 1 is 1.10 bits per heavy atom. The van der Waals surface area contributed by atoms with Gasteiger partial charge in [0.25, 0.3) is 0 Å². The van der Waals surface area contributed by atoms with Crippen LogP contribution in [-0.4, -0.2) is 38.2 Å². The van der Waals surface area contributed by atoms with E-state index in [1.54, 1.807) is 24.3 Å². The largest absolute Gasteiger partial charge is 0.490 e. The minimum atomic E-state index is -0.524. The van der Waals surface area contributed by atoms with Gasteiger partial charge in [0, 0.05) is 5.56 Å². The van der Waals surface area contributed by atoms with E-state index in [0.717, 1.165) is 11.1 Å². The predicted molar refractivity (Wildman–Crippen MR) is 107 cm³/mol. The molecule has 0 atom stereocenters. The van der Waals surface area contributed by atoms with Crippen molar-refractivity contribution in [2.45, 2.75) is 13.8 Å². The summed E-state index contributed by atoms with van der Waals surface area (Å²) in [6, 6.07) is 12.6. The van der Waals surface area contributed by atoms with Crippen LogP contribution in [0.25, 0.3) is 6.08 Å². The van der Waals surface area contributed by atoms with Crippen molar-refractivity contribution in [1.82, 2.24) is 0 Å². The third kappa shape index (κ3) is 5.01. The van der Waals surface area contributed by atoms with Gasteiger partial charge in [0.1, 0.15) is 0 Å². The van der Waals surface area contributed by atoms with E-state index in [2.05, 4.69) is 9.73 Å². The number of carbonyl (C=O) groups is 2. The quantitative estimate of drug-likeness (QED) is 0.528. The van der Waals surface area contributed by atoms with Crippen molar-refractivity contribution >= 4 is 23.9 Å². The van der Waals surface area contributed by atoms with Gasteiger partial charge in [-0.25, -0.2) is 14.6 Å². The fraction of sp³-hybridized carbons (Fsp3) is 0.227. The third-order valence-corrected chi connectivity index (χ3v) is 4.06. The zero-order valence-electron chi connectivity index (χ0n) is 16.4. The molecule has 0 spiro atoms. The average molecular weight is 395 g/mol. The number of ether oxygens (including phenoxy) is 4. The van der Waals surface area contributed by atoms with Crippen molar-refractivity contribution in [3.05, 3.63) is 64.9 Å². The van der Waals surface area contributed by atoms with Gasteiger partial charge in [-0.2, -0.15) is 0 Å². The Balaban J connectivity index is 1.84. The lowest BCUT2D eigenvalue weighted by Crippen LogP contribution is -2.13. The van der Waals surface area contributed by atoms with E-state index >= 15 is 0 Å². The highest BCUT2D eigenvalue weighted by Crippen LogP contribution is 2.30. The first-order valence-electron chi connectivity index (χ1n) is 9.06. The number of hydrogen-bond acceptors (Lipinski definition) is 7. The number of rotatable bonds is 7. The van der Waals surface area contributed by atoms with Crippen LogP contribution < -0.4 is 9.47 Å². The number of methoxy groups -OCH3 is 1. The molecule has 0 aromatic heterocycles. The molecule has 7 heteroatoms. The van der Waals surface area contributed by atoms with E-state index in [-0.39, 0.29) is 18.2 Å². The number of nitrogens with zero attached hydrogens (tertiary/aromatic N) is 1. The van der Waals surface area contributed by atoms with Crippen molar-refractivity contribution in [2.75, 3.05) is 20.3 Å². The number of cyclic esters (lactones) is 1. The summed E-state index contributed by atoms with van der Waals surface area (Å²) in [7, 11) is 1.29. The average Bonchev–Trinajstić information content (AvgIpc) is 3.08. The SMILES string of the molecule is CCOc1cc(/C=C2/N=C(c3ccc(C)cc3)OC2=O)ccc1OCC(=O)OC. The van der Waals surface area contributed by atoms with Gasteiger partial charge in [-0.15, -0.1) is 0 Å². The number of hydrogen-bond donors (Lipinski definition) is 0. The standard InChI is InChI=1S/C22H21NO6/c1-4-27-19-12-15(7-10-18(19)28-13-20(24)26-3)11-17-22(25)29-21(23-17)16-8-5-14(2)6-9-16/h5-12H,4,13H2,1-3H3/b17-11+. The summed E-state index contributed by atoms with van der Waals surface area (Å²) in [6.45, 7) is 3.99. The van der Waals surface area contributed by atoms with Crippen LogP contribution in [0, 0.1) is 6.92 Å². The summed E-state index contributed by atoms with van der Waals surface area (Å²) in [5.74, 6) is 0.0938. The summed E-state index contributed by atoms with van der Waals surface area (Å²) < 4.78 is 20.9. The molecule has 1 heterocycles. The number of aryl methyl sites for hydroxylation is 1. The molecule has 0 bridgehead atoms. The molecule has 2 aromatic carbocycles. The van der Waals surface area contributed by atoms with Crippen LogP contribution in [0.15, 0.2) is 53.2 Å². The van der Waals surface area contributed by atoms with Gasteiger partial charge in [0.05, 0.1) is 13.7 Å². The van der Waals surface area contributed by atoms with Crippen LogP contribution in [-0.2, 0) is 19.1 Å². The number of benzene rings is 2. The first-order valence-corrected chi connectivity index (χ1v) is 9.06. The molecule has 29 heavy (non-hydrogen) atoms. The van der Waals surface area contributed by atoms with Crippen LogP contribution in [0.2, 0.25) is 0 Å². The molecule has 0 aliphatic carbocycles. The maximum Gasteiger partial charge on any atom is 0.363 e. The molecule has 3 rings (SSSR count). The van der Waals surface area contributed by atoms with E-state index in [1.807, 2.05) is 38.1 Å². The monoisotopic (exact) mass is 395 g/mol. The predicted octanol–water partition coefficient (Wildman–Crippen LogP) is 3.29. The molecule has 150 valence electrons. The topological polar surface area (TPSA) is 83.4 Å². The lowest BCUT2D eigenvalue weighted by molar-refractivity contribution is -0.143. The summed E-state index contributed by atoms with van der Waals surface area (Å²) in [6.07, 6.45) is 1.61. The molecule has 0 N–H and O–H groups in total. The number of carbonyl (C=O) groups excluding carboxylic acids is 2. The summed E-state index contributed by atoms with van der Waals surface area (Å²) in [5.41, 5.74) is 2.70. The fourth-order valence-electron chi connectivity index (χ4n) is 2.58. The Kier molecular flexibility index (Phi) is 6.29. The smallest absolute Gasteiger partial charge is 0.363 e. The lowest BCUT2D eigenvalue weighted by Gasteiger charge is -2.11. The van der Waals surface area contributed by atoms with Gasteiger partial charge in [0.15, 0.2) is 23.8 Å². The van der Waals surface area contributed by atoms with Gasteiger partial charge < -0.3 is 18.9 Å². The molecular formula is C22H21NO6. The van der Waals surface area contributed by atoms with Crippen molar-refractivity contribution in [3.63, 3.8) is 0 Å². The third-order valence-electron chi connectivity index (χ3n) is 4.06.